The average Bonchev–Trinajstić information content (AvgIpc) is 2.58. The maximum Gasteiger partial charge on any atom is 0.492 e. The van der Waals surface area contributed by atoms with Crippen LogP contribution in [-0.2, 0) is 17.7 Å². The Bertz CT molecular complexity index is 386. The average molecular weight is 187 g/mol. The van der Waals surface area contributed by atoms with Crippen LogP contribution in [-0.4, -0.2) is 12.1 Å². The number of rotatable bonds is 2. The van der Waals surface area contributed by atoms with Gasteiger partial charge in [0, 0.05) is 6.42 Å². The molecule has 0 spiro atoms. The second-order valence-corrected chi connectivity index (χ2v) is 3.31. The first-order valence-electron chi connectivity index (χ1n) is 4.60. The minimum Gasteiger partial charge on any atom is -0.423 e. The van der Waals surface area contributed by atoms with Crippen LogP contribution in [0.15, 0.2) is 18.2 Å². The van der Waals surface area contributed by atoms with Crippen molar-refractivity contribution in [3.8, 4) is 6.07 Å². The van der Waals surface area contributed by atoms with Gasteiger partial charge in [0.25, 0.3) is 0 Å². The van der Waals surface area contributed by atoms with E-state index in [0.29, 0.717) is 19.4 Å². The molecule has 0 unspecified atom stereocenters. The number of nitrogens with zero attached hydrogens (tertiary/aromatic N) is 1. The molecule has 1 aromatic rings. The van der Waals surface area contributed by atoms with Crippen molar-refractivity contribution in [2.75, 3.05) is 0 Å². The molecule has 70 valence electrons. The molecule has 0 aliphatic carbocycles. The van der Waals surface area contributed by atoms with Gasteiger partial charge in [0.05, 0.1) is 12.7 Å². The molecule has 1 aromatic carbocycles. The zero-order valence-corrected chi connectivity index (χ0v) is 7.73. The van der Waals surface area contributed by atoms with Gasteiger partial charge in [-0.25, -0.2) is 0 Å². The summed E-state index contributed by atoms with van der Waals surface area (Å²) in [5, 5.41) is 18.1. The normalized spacial score (nSPS) is 13.9. The topological polar surface area (TPSA) is 53.2 Å². The molecule has 0 amide bonds. The summed E-state index contributed by atoms with van der Waals surface area (Å²) in [7, 11) is -0.806. The van der Waals surface area contributed by atoms with Gasteiger partial charge in [0.1, 0.15) is 0 Å². The van der Waals surface area contributed by atoms with E-state index in [9.17, 15) is 5.02 Å². The third kappa shape index (κ3) is 1.52. The molecule has 14 heavy (non-hydrogen) atoms. The lowest BCUT2D eigenvalue weighted by atomic mass is 9.75. The summed E-state index contributed by atoms with van der Waals surface area (Å²) in [4.78, 5) is 0. The van der Waals surface area contributed by atoms with Crippen molar-refractivity contribution in [2.24, 2.45) is 0 Å². The van der Waals surface area contributed by atoms with Crippen LogP contribution in [0.1, 0.15) is 17.5 Å². The van der Waals surface area contributed by atoms with Crippen LogP contribution in [0.3, 0.4) is 0 Å². The van der Waals surface area contributed by atoms with E-state index in [4.69, 9.17) is 9.92 Å². The molecule has 0 aromatic heterocycles. The molecule has 1 N–H and O–H groups in total. The first kappa shape index (κ1) is 9.26. The standard InChI is InChI=1S/C10H10BNO2/c12-6-2-5-8-3-1-4-9-7-14-11(13)10(8)9/h1,3-4,13H,2,5,7H2. The summed E-state index contributed by atoms with van der Waals surface area (Å²) in [6, 6.07) is 7.92. The van der Waals surface area contributed by atoms with Crippen molar-refractivity contribution >= 4 is 12.6 Å². The number of benzene rings is 1. The summed E-state index contributed by atoms with van der Waals surface area (Å²) in [5.41, 5.74) is 2.92. The van der Waals surface area contributed by atoms with Gasteiger partial charge < -0.3 is 9.68 Å². The minimum atomic E-state index is -0.806. The Morgan fingerprint density at radius 2 is 2.43 bits per heavy atom. The van der Waals surface area contributed by atoms with Gasteiger partial charge in [-0.2, -0.15) is 5.26 Å². The van der Waals surface area contributed by atoms with Gasteiger partial charge >= 0.3 is 7.12 Å². The van der Waals surface area contributed by atoms with Crippen molar-refractivity contribution in [1.82, 2.24) is 0 Å². The van der Waals surface area contributed by atoms with Crippen LogP contribution in [0.5, 0.6) is 0 Å². The Balaban J connectivity index is 2.33. The van der Waals surface area contributed by atoms with E-state index >= 15 is 0 Å². The van der Waals surface area contributed by atoms with E-state index in [1.165, 1.54) is 0 Å². The van der Waals surface area contributed by atoms with Crippen LogP contribution in [0.25, 0.3) is 0 Å². The van der Waals surface area contributed by atoms with E-state index in [-0.39, 0.29) is 0 Å². The molecule has 0 atom stereocenters. The highest BCUT2D eigenvalue weighted by Gasteiger charge is 2.29. The van der Waals surface area contributed by atoms with Crippen LogP contribution in [0.2, 0.25) is 0 Å². The maximum atomic E-state index is 9.56. The second kappa shape index (κ2) is 3.83. The Hall–Kier alpha value is -1.31. The van der Waals surface area contributed by atoms with Crippen molar-refractivity contribution in [2.45, 2.75) is 19.4 Å². The third-order valence-electron chi connectivity index (χ3n) is 2.44. The maximum absolute atomic E-state index is 9.56. The molecule has 0 bridgehead atoms. The zero-order valence-electron chi connectivity index (χ0n) is 7.73. The molecule has 1 aliphatic heterocycles. The number of aryl methyl sites for hydroxylation is 1. The fraction of sp³-hybridized carbons (Fsp3) is 0.300. The molecule has 4 heteroatoms. The molecule has 0 saturated carbocycles. The molecular formula is C10H10BNO2. The lowest BCUT2D eigenvalue weighted by Gasteiger charge is -2.05. The lowest BCUT2D eigenvalue weighted by Crippen LogP contribution is -2.31. The van der Waals surface area contributed by atoms with Gasteiger partial charge in [0.15, 0.2) is 0 Å². The molecule has 2 rings (SSSR count). The molecule has 0 fully saturated rings. The number of hydrogen-bond acceptors (Lipinski definition) is 3. The molecule has 1 aliphatic rings. The summed E-state index contributed by atoms with van der Waals surface area (Å²) >= 11 is 0. The van der Waals surface area contributed by atoms with E-state index in [1.807, 2.05) is 18.2 Å². The summed E-state index contributed by atoms with van der Waals surface area (Å²) in [6.45, 7) is 0.469. The zero-order chi connectivity index (χ0) is 9.97. The highest BCUT2D eigenvalue weighted by Crippen LogP contribution is 2.13. The monoisotopic (exact) mass is 187 g/mol. The van der Waals surface area contributed by atoms with Gasteiger partial charge in [-0.3, -0.25) is 0 Å². The van der Waals surface area contributed by atoms with Gasteiger partial charge in [0.2, 0.25) is 0 Å². The first-order valence-corrected chi connectivity index (χ1v) is 4.60. The number of nitriles is 1. The van der Waals surface area contributed by atoms with Crippen molar-refractivity contribution in [3.63, 3.8) is 0 Å². The predicted molar refractivity (Wildman–Crippen MR) is 52.8 cm³/mol. The fourth-order valence-corrected chi connectivity index (χ4v) is 1.77. The number of fused-ring (bicyclic) bond motifs is 1. The largest absolute Gasteiger partial charge is 0.492 e. The third-order valence-corrected chi connectivity index (χ3v) is 2.44. The highest BCUT2D eigenvalue weighted by molar-refractivity contribution is 6.62. The SMILES string of the molecule is N#CCCc1cccc2c1B(O)OC2. The van der Waals surface area contributed by atoms with Crippen molar-refractivity contribution < 1.29 is 9.68 Å². The molecule has 0 radical (unpaired) electrons. The number of hydrogen-bond donors (Lipinski definition) is 1. The summed E-state index contributed by atoms with van der Waals surface area (Å²) in [6.07, 6.45) is 1.16. The highest BCUT2D eigenvalue weighted by atomic mass is 16.5. The van der Waals surface area contributed by atoms with Crippen LogP contribution in [0, 0.1) is 11.3 Å². The Labute approximate surface area is 83.1 Å². The smallest absolute Gasteiger partial charge is 0.423 e. The summed E-state index contributed by atoms with van der Waals surface area (Å²) < 4.78 is 5.12. The summed E-state index contributed by atoms with van der Waals surface area (Å²) in [5.74, 6) is 0. The molecule has 0 saturated heterocycles. The van der Waals surface area contributed by atoms with Crippen LogP contribution < -0.4 is 5.46 Å². The van der Waals surface area contributed by atoms with Gasteiger partial charge in [-0.1, -0.05) is 18.2 Å². The molecule has 3 nitrogen and oxygen atoms in total. The lowest BCUT2D eigenvalue weighted by molar-refractivity contribution is 0.275. The van der Waals surface area contributed by atoms with Crippen LogP contribution >= 0.6 is 0 Å². The fourth-order valence-electron chi connectivity index (χ4n) is 1.77. The Morgan fingerprint density at radius 3 is 3.21 bits per heavy atom. The van der Waals surface area contributed by atoms with Gasteiger partial charge in [-0.15, -0.1) is 0 Å². The van der Waals surface area contributed by atoms with E-state index in [0.717, 1.165) is 16.6 Å². The van der Waals surface area contributed by atoms with Gasteiger partial charge in [-0.05, 0) is 23.0 Å². The van der Waals surface area contributed by atoms with E-state index in [1.54, 1.807) is 0 Å². The second-order valence-electron chi connectivity index (χ2n) is 3.31. The Morgan fingerprint density at radius 1 is 1.57 bits per heavy atom. The predicted octanol–water partition coefficient (Wildman–Crippen LogP) is 0.360. The molecular weight excluding hydrogens is 177 g/mol. The van der Waals surface area contributed by atoms with E-state index in [2.05, 4.69) is 6.07 Å². The molecule has 1 heterocycles. The minimum absolute atomic E-state index is 0.469. The van der Waals surface area contributed by atoms with Crippen LogP contribution in [0.4, 0.5) is 0 Å². The van der Waals surface area contributed by atoms with E-state index < -0.39 is 7.12 Å². The Kier molecular flexibility index (Phi) is 2.53. The first-order chi connectivity index (χ1) is 6.83. The van der Waals surface area contributed by atoms with Crippen molar-refractivity contribution in [3.05, 3.63) is 29.3 Å². The van der Waals surface area contributed by atoms with Crippen molar-refractivity contribution in [1.29, 1.82) is 5.26 Å². The quantitative estimate of drug-likeness (QED) is 0.680.